The normalized spacial score (nSPS) is 10.5. The van der Waals surface area contributed by atoms with E-state index in [1.165, 1.54) is 0 Å². The SMILES string of the molecule is CCOC(=O)CCc1csc(CCCOC)n1. The molecular weight excluding hydrogens is 238 g/mol. The second kappa shape index (κ2) is 8.20. The Morgan fingerprint density at radius 1 is 1.47 bits per heavy atom. The second-order valence-electron chi connectivity index (χ2n) is 3.63. The van der Waals surface area contributed by atoms with Gasteiger partial charge in [0.05, 0.1) is 23.7 Å². The van der Waals surface area contributed by atoms with Gasteiger partial charge in [-0.2, -0.15) is 0 Å². The summed E-state index contributed by atoms with van der Waals surface area (Å²) in [4.78, 5) is 15.6. The van der Waals surface area contributed by atoms with Crippen molar-refractivity contribution in [1.29, 1.82) is 0 Å². The van der Waals surface area contributed by atoms with Crippen LogP contribution in [0, 0.1) is 0 Å². The van der Waals surface area contributed by atoms with E-state index < -0.39 is 0 Å². The van der Waals surface area contributed by atoms with E-state index >= 15 is 0 Å². The molecule has 1 aromatic heterocycles. The van der Waals surface area contributed by atoms with Crippen LogP contribution in [0.2, 0.25) is 0 Å². The fourth-order valence-corrected chi connectivity index (χ4v) is 2.28. The minimum absolute atomic E-state index is 0.151. The van der Waals surface area contributed by atoms with E-state index in [4.69, 9.17) is 9.47 Å². The van der Waals surface area contributed by atoms with Gasteiger partial charge in [0.2, 0.25) is 0 Å². The third-order valence-electron chi connectivity index (χ3n) is 2.23. The molecule has 0 atom stereocenters. The van der Waals surface area contributed by atoms with E-state index in [1.54, 1.807) is 18.4 Å². The summed E-state index contributed by atoms with van der Waals surface area (Å²) in [5.41, 5.74) is 0.982. The van der Waals surface area contributed by atoms with Crippen LogP contribution in [0.1, 0.15) is 30.5 Å². The van der Waals surface area contributed by atoms with Crippen molar-refractivity contribution in [3.05, 3.63) is 16.1 Å². The summed E-state index contributed by atoms with van der Waals surface area (Å²) < 4.78 is 9.86. The van der Waals surface area contributed by atoms with Crippen LogP contribution in [0.25, 0.3) is 0 Å². The van der Waals surface area contributed by atoms with Crippen LogP contribution in [0.5, 0.6) is 0 Å². The number of rotatable bonds is 8. The van der Waals surface area contributed by atoms with Crippen molar-refractivity contribution in [2.24, 2.45) is 0 Å². The number of aromatic nitrogens is 1. The van der Waals surface area contributed by atoms with Gasteiger partial charge in [-0.1, -0.05) is 0 Å². The van der Waals surface area contributed by atoms with Gasteiger partial charge in [-0.15, -0.1) is 11.3 Å². The molecule has 0 aliphatic heterocycles. The summed E-state index contributed by atoms with van der Waals surface area (Å²) in [5.74, 6) is -0.151. The van der Waals surface area contributed by atoms with Crippen LogP contribution in [-0.4, -0.2) is 31.3 Å². The maximum absolute atomic E-state index is 11.2. The van der Waals surface area contributed by atoms with Gasteiger partial charge in [0.25, 0.3) is 0 Å². The molecule has 96 valence electrons. The Morgan fingerprint density at radius 2 is 2.29 bits per heavy atom. The predicted molar refractivity (Wildman–Crippen MR) is 67.3 cm³/mol. The number of hydrogen-bond donors (Lipinski definition) is 0. The first kappa shape index (κ1) is 14.1. The number of methoxy groups -OCH3 is 1. The first-order chi connectivity index (χ1) is 8.26. The molecule has 0 N–H and O–H groups in total. The van der Waals surface area contributed by atoms with E-state index in [1.807, 2.05) is 12.3 Å². The fourth-order valence-electron chi connectivity index (χ4n) is 1.41. The van der Waals surface area contributed by atoms with Gasteiger partial charge in [-0.05, 0) is 13.3 Å². The topological polar surface area (TPSA) is 48.4 Å². The first-order valence-electron chi connectivity index (χ1n) is 5.84. The Bertz CT molecular complexity index is 338. The van der Waals surface area contributed by atoms with Crippen molar-refractivity contribution in [2.45, 2.75) is 32.6 Å². The molecule has 0 fully saturated rings. The summed E-state index contributed by atoms with van der Waals surface area (Å²) in [5, 5.41) is 3.13. The lowest BCUT2D eigenvalue weighted by atomic mass is 10.2. The summed E-state index contributed by atoms with van der Waals surface area (Å²) in [6.45, 7) is 3.02. The molecule has 0 aliphatic rings. The molecule has 4 nitrogen and oxygen atoms in total. The molecule has 5 heteroatoms. The Kier molecular flexibility index (Phi) is 6.81. The smallest absolute Gasteiger partial charge is 0.306 e. The Morgan fingerprint density at radius 3 is 3.00 bits per heavy atom. The van der Waals surface area contributed by atoms with E-state index in [9.17, 15) is 4.79 Å². The molecule has 0 saturated heterocycles. The molecule has 1 aromatic rings. The highest BCUT2D eigenvalue weighted by molar-refractivity contribution is 7.09. The van der Waals surface area contributed by atoms with Crippen LogP contribution in [0.3, 0.4) is 0 Å². The highest BCUT2D eigenvalue weighted by atomic mass is 32.1. The zero-order valence-electron chi connectivity index (χ0n) is 10.4. The van der Waals surface area contributed by atoms with Crippen molar-refractivity contribution in [2.75, 3.05) is 20.3 Å². The lowest BCUT2D eigenvalue weighted by Crippen LogP contribution is -2.05. The highest BCUT2D eigenvalue weighted by Crippen LogP contribution is 2.13. The Hall–Kier alpha value is -0.940. The number of hydrogen-bond acceptors (Lipinski definition) is 5. The van der Waals surface area contributed by atoms with Crippen LogP contribution in [0.4, 0.5) is 0 Å². The zero-order valence-corrected chi connectivity index (χ0v) is 11.2. The Labute approximate surface area is 106 Å². The molecule has 0 spiro atoms. The first-order valence-corrected chi connectivity index (χ1v) is 6.72. The van der Waals surface area contributed by atoms with Crippen molar-refractivity contribution in [3.63, 3.8) is 0 Å². The minimum atomic E-state index is -0.151. The molecule has 0 radical (unpaired) electrons. The lowest BCUT2D eigenvalue weighted by molar-refractivity contribution is -0.143. The van der Waals surface area contributed by atoms with Gasteiger partial charge in [0.1, 0.15) is 0 Å². The van der Waals surface area contributed by atoms with Gasteiger partial charge >= 0.3 is 5.97 Å². The van der Waals surface area contributed by atoms with Crippen LogP contribution < -0.4 is 0 Å². The number of nitrogens with zero attached hydrogens (tertiary/aromatic N) is 1. The lowest BCUT2D eigenvalue weighted by Gasteiger charge is -1.99. The van der Waals surface area contributed by atoms with Gasteiger partial charge in [-0.25, -0.2) is 4.98 Å². The van der Waals surface area contributed by atoms with Gasteiger partial charge in [0, 0.05) is 31.9 Å². The van der Waals surface area contributed by atoms with Crippen LogP contribution >= 0.6 is 11.3 Å². The summed E-state index contributed by atoms with van der Waals surface area (Å²) >= 11 is 1.65. The molecule has 0 bridgehead atoms. The summed E-state index contributed by atoms with van der Waals surface area (Å²) in [6.07, 6.45) is 3.01. The zero-order chi connectivity index (χ0) is 12.5. The molecule has 0 unspecified atom stereocenters. The standard InChI is InChI=1S/C12H19NO3S/c1-3-16-12(14)7-6-10-9-17-11(13-10)5-4-8-15-2/h9H,3-8H2,1-2H3. The monoisotopic (exact) mass is 257 g/mol. The van der Waals surface area contributed by atoms with Crippen molar-refractivity contribution >= 4 is 17.3 Å². The van der Waals surface area contributed by atoms with Crippen LogP contribution in [0.15, 0.2) is 5.38 Å². The number of thiazole rings is 1. The predicted octanol–water partition coefficient (Wildman–Crippen LogP) is 2.22. The number of ether oxygens (including phenoxy) is 2. The average molecular weight is 257 g/mol. The van der Waals surface area contributed by atoms with E-state index in [-0.39, 0.29) is 5.97 Å². The quantitative estimate of drug-likeness (QED) is 0.529. The van der Waals surface area contributed by atoms with Crippen LogP contribution in [-0.2, 0) is 27.1 Å². The summed E-state index contributed by atoms with van der Waals surface area (Å²) in [6, 6.07) is 0. The fraction of sp³-hybridized carbons (Fsp3) is 0.667. The number of carbonyl (C=O) groups excluding carboxylic acids is 1. The number of aryl methyl sites for hydroxylation is 2. The second-order valence-corrected chi connectivity index (χ2v) is 4.58. The molecule has 1 rings (SSSR count). The third-order valence-corrected chi connectivity index (χ3v) is 3.19. The molecule has 0 saturated carbocycles. The maximum atomic E-state index is 11.2. The average Bonchev–Trinajstić information content (AvgIpc) is 2.75. The largest absolute Gasteiger partial charge is 0.466 e. The van der Waals surface area contributed by atoms with Gasteiger partial charge in [0.15, 0.2) is 0 Å². The van der Waals surface area contributed by atoms with Crippen molar-refractivity contribution < 1.29 is 14.3 Å². The molecule has 1 heterocycles. The number of esters is 1. The maximum Gasteiger partial charge on any atom is 0.306 e. The minimum Gasteiger partial charge on any atom is -0.466 e. The van der Waals surface area contributed by atoms with E-state index in [0.717, 1.165) is 30.2 Å². The molecule has 17 heavy (non-hydrogen) atoms. The van der Waals surface area contributed by atoms with Crippen molar-refractivity contribution in [1.82, 2.24) is 4.98 Å². The van der Waals surface area contributed by atoms with Gasteiger partial charge < -0.3 is 9.47 Å². The van der Waals surface area contributed by atoms with E-state index in [0.29, 0.717) is 19.4 Å². The highest BCUT2D eigenvalue weighted by Gasteiger charge is 2.06. The molecular formula is C12H19NO3S. The number of carbonyl (C=O) groups is 1. The summed E-state index contributed by atoms with van der Waals surface area (Å²) in [7, 11) is 1.70. The molecule has 0 amide bonds. The third kappa shape index (κ3) is 5.79. The van der Waals surface area contributed by atoms with Gasteiger partial charge in [-0.3, -0.25) is 4.79 Å². The Balaban J connectivity index is 2.27. The molecule has 0 aromatic carbocycles. The molecule has 0 aliphatic carbocycles. The van der Waals surface area contributed by atoms with Crippen molar-refractivity contribution in [3.8, 4) is 0 Å². The van der Waals surface area contributed by atoms with E-state index in [2.05, 4.69) is 4.98 Å².